The van der Waals surface area contributed by atoms with Crippen molar-refractivity contribution in [3.05, 3.63) is 47.5 Å². The molecule has 0 aliphatic carbocycles. The summed E-state index contributed by atoms with van der Waals surface area (Å²) in [5, 5.41) is 2.71. The number of aryl methyl sites for hydroxylation is 1. The Labute approximate surface area is 171 Å². The average molecular weight is 416 g/mol. The minimum Gasteiger partial charge on any atom is -0.479 e. The van der Waals surface area contributed by atoms with E-state index in [-0.39, 0.29) is 10.8 Å². The Morgan fingerprint density at radius 1 is 1.07 bits per heavy atom. The van der Waals surface area contributed by atoms with Gasteiger partial charge in [-0.2, -0.15) is 4.31 Å². The summed E-state index contributed by atoms with van der Waals surface area (Å²) in [5.41, 5.74) is 4.00. The number of benzene rings is 2. The standard InChI is InChI=1S/C21H25N3O4S/c1-14-5-4-6-19(15(14)2)23-9-11-24(12-10-23)29(26,27)17-7-8-20-18(13-17)22-21(25)16(3)28-20/h4-8,13,16H,9-12H2,1-3H3,(H,22,25). The Bertz CT molecular complexity index is 1060. The number of carbonyl (C=O) groups is 1. The molecule has 0 aromatic heterocycles. The monoisotopic (exact) mass is 415 g/mol. The van der Waals surface area contributed by atoms with Gasteiger partial charge in [-0.1, -0.05) is 12.1 Å². The molecule has 154 valence electrons. The van der Waals surface area contributed by atoms with Gasteiger partial charge < -0.3 is 15.0 Å². The second-order valence-corrected chi connectivity index (χ2v) is 9.46. The summed E-state index contributed by atoms with van der Waals surface area (Å²) < 4.78 is 33.3. The average Bonchev–Trinajstić information content (AvgIpc) is 2.70. The Morgan fingerprint density at radius 2 is 1.79 bits per heavy atom. The summed E-state index contributed by atoms with van der Waals surface area (Å²) in [7, 11) is -3.65. The van der Waals surface area contributed by atoms with Crippen molar-refractivity contribution in [3.8, 4) is 5.75 Å². The van der Waals surface area contributed by atoms with Crippen molar-refractivity contribution in [2.45, 2.75) is 31.8 Å². The van der Waals surface area contributed by atoms with Crippen LogP contribution in [0.1, 0.15) is 18.1 Å². The Kier molecular flexibility index (Phi) is 5.00. The van der Waals surface area contributed by atoms with Gasteiger partial charge in [0, 0.05) is 31.9 Å². The fourth-order valence-electron chi connectivity index (χ4n) is 3.74. The highest BCUT2D eigenvalue weighted by Gasteiger charge is 2.31. The molecule has 0 saturated carbocycles. The first kappa shape index (κ1) is 19.7. The van der Waals surface area contributed by atoms with Gasteiger partial charge in [0.25, 0.3) is 5.91 Å². The van der Waals surface area contributed by atoms with Crippen LogP contribution in [0.5, 0.6) is 5.75 Å². The van der Waals surface area contributed by atoms with Gasteiger partial charge >= 0.3 is 0 Å². The molecule has 1 atom stereocenters. The number of piperazine rings is 1. The van der Waals surface area contributed by atoms with E-state index in [1.807, 2.05) is 6.07 Å². The number of ether oxygens (including phenoxy) is 1. The molecule has 2 aromatic carbocycles. The topological polar surface area (TPSA) is 79.0 Å². The smallest absolute Gasteiger partial charge is 0.265 e. The fourth-order valence-corrected chi connectivity index (χ4v) is 5.19. The predicted octanol–water partition coefficient (Wildman–Crippen LogP) is 2.53. The number of sulfonamides is 1. The van der Waals surface area contributed by atoms with Gasteiger partial charge in [-0.3, -0.25) is 4.79 Å². The zero-order chi connectivity index (χ0) is 20.8. The SMILES string of the molecule is Cc1cccc(N2CCN(S(=O)(=O)c3ccc4c(c3)NC(=O)C(C)O4)CC2)c1C. The molecule has 2 aromatic rings. The van der Waals surface area contributed by atoms with Crippen molar-refractivity contribution in [1.82, 2.24) is 4.31 Å². The number of hydrogen-bond acceptors (Lipinski definition) is 5. The van der Waals surface area contributed by atoms with Crippen LogP contribution in [0.25, 0.3) is 0 Å². The molecule has 1 amide bonds. The number of hydrogen-bond donors (Lipinski definition) is 1. The maximum Gasteiger partial charge on any atom is 0.265 e. The van der Waals surface area contributed by atoms with Crippen molar-refractivity contribution in [2.24, 2.45) is 0 Å². The lowest BCUT2D eigenvalue weighted by atomic mass is 10.1. The molecular formula is C21H25N3O4S. The molecule has 29 heavy (non-hydrogen) atoms. The van der Waals surface area contributed by atoms with E-state index in [4.69, 9.17) is 4.74 Å². The molecular weight excluding hydrogens is 390 g/mol. The number of amides is 1. The summed E-state index contributed by atoms with van der Waals surface area (Å²) >= 11 is 0. The third-order valence-corrected chi connectivity index (χ3v) is 7.57. The molecule has 1 fully saturated rings. The normalized spacial score (nSPS) is 20.0. The van der Waals surface area contributed by atoms with Gasteiger partial charge in [0.05, 0.1) is 10.6 Å². The summed E-state index contributed by atoms with van der Waals surface area (Å²) in [6, 6.07) is 10.8. The van der Waals surface area contributed by atoms with E-state index >= 15 is 0 Å². The van der Waals surface area contributed by atoms with E-state index in [9.17, 15) is 13.2 Å². The molecule has 0 bridgehead atoms. The first-order valence-corrected chi connectivity index (χ1v) is 11.1. The number of fused-ring (bicyclic) bond motifs is 1. The lowest BCUT2D eigenvalue weighted by Crippen LogP contribution is -2.48. The molecule has 2 heterocycles. The minimum atomic E-state index is -3.65. The van der Waals surface area contributed by atoms with E-state index < -0.39 is 16.1 Å². The molecule has 1 saturated heterocycles. The van der Waals surface area contributed by atoms with Crippen LogP contribution in [-0.4, -0.2) is 50.9 Å². The minimum absolute atomic E-state index is 0.162. The Hall–Kier alpha value is -2.58. The van der Waals surface area contributed by atoms with Crippen LogP contribution in [0.3, 0.4) is 0 Å². The quantitative estimate of drug-likeness (QED) is 0.834. The maximum absolute atomic E-state index is 13.1. The van der Waals surface area contributed by atoms with E-state index in [2.05, 4.69) is 36.2 Å². The van der Waals surface area contributed by atoms with Crippen molar-refractivity contribution < 1.29 is 17.9 Å². The number of carbonyl (C=O) groups excluding carboxylic acids is 1. The summed E-state index contributed by atoms with van der Waals surface area (Å²) in [5.74, 6) is 0.199. The van der Waals surface area contributed by atoms with Crippen LogP contribution in [0.4, 0.5) is 11.4 Å². The van der Waals surface area contributed by atoms with Crippen LogP contribution in [0, 0.1) is 13.8 Å². The lowest BCUT2D eigenvalue weighted by Gasteiger charge is -2.36. The van der Waals surface area contributed by atoms with Gasteiger partial charge in [-0.05, 0) is 56.2 Å². The van der Waals surface area contributed by atoms with E-state index in [1.165, 1.54) is 27.6 Å². The van der Waals surface area contributed by atoms with Crippen LogP contribution in [0.15, 0.2) is 41.3 Å². The first-order valence-electron chi connectivity index (χ1n) is 9.70. The molecule has 0 radical (unpaired) electrons. The first-order chi connectivity index (χ1) is 13.8. The molecule has 4 rings (SSSR count). The van der Waals surface area contributed by atoms with Crippen molar-refractivity contribution in [1.29, 1.82) is 0 Å². The van der Waals surface area contributed by atoms with Gasteiger partial charge in [0.1, 0.15) is 5.75 Å². The van der Waals surface area contributed by atoms with Gasteiger partial charge in [-0.25, -0.2) is 8.42 Å². The highest BCUT2D eigenvalue weighted by molar-refractivity contribution is 7.89. The second-order valence-electron chi connectivity index (χ2n) is 7.52. The molecule has 2 aliphatic rings. The van der Waals surface area contributed by atoms with E-state index in [1.54, 1.807) is 13.0 Å². The van der Waals surface area contributed by atoms with E-state index in [0.717, 1.165) is 5.69 Å². The third kappa shape index (κ3) is 3.58. The number of anilines is 2. The Morgan fingerprint density at radius 3 is 2.52 bits per heavy atom. The molecule has 8 heteroatoms. The highest BCUT2D eigenvalue weighted by atomic mass is 32.2. The van der Waals surface area contributed by atoms with Crippen LogP contribution in [0.2, 0.25) is 0 Å². The largest absolute Gasteiger partial charge is 0.479 e. The molecule has 0 spiro atoms. The second kappa shape index (κ2) is 7.35. The Balaban J connectivity index is 1.52. The molecule has 1 unspecified atom stereocenters. The van der Waals surface area contributed by atoms with Crippen molar-refractivity contribution in [2.75, 3.05) is 36.4 Å². The van der Waals surface area contributed by atoms with Crippen molar-refractivity contribution >= 4 is 27.3 Å². The molecule has 2 aliphatic heterocycles. The molecule has 7 nitrogen and oxygen atoms in total. The fraction of sp³-hybridized carbons (Fsp3) is 0.381. The van der Waals surface area contributed by atoms with Crippen molar-refractivity contribution in [3.63, 3.8) is 0 Å². The van der Waals surface area contributed by atoms with Crippen LogP contribution >= 0.6 is 0 Å². The summed E-state index contributed by atoms with van der Waals surface area (Å²) in [4.78, 5) is 14.2. The zero-order valence-electron chi connectivity index (χ0n) is 16.8. The van der Waals surface area contributed by atoms with Crippen LogP contribution < -0.4 is 15.0 Å². The predicted molar refractivity (Wildman–Crippen MR) is 112 cm³/mol. The van der Waals surface area contributed by atoms with Gasteiger partial charge in [0.15, 0.2) is 6.10 Å². The number of nitrogens with zero attached hydrogens (tertiary/aromatic N) is 2. The van der Waals surface area contributed by atoms with E-state index in [0.29, 0.717) is 37.6 Å². The summed E-state index contributed by atoms with van der Waals surface area (Å²) in [6.07, 6.45) is -0.594. The zero-order valence-corrected chi connectivity index (χ0v) is 17.6. The molecule has 1 N–H and O–H groups in total. The van der Waals surface area contributed by atoms with Crippen LogP contribution in [-0.2, 0) is 14.8 Å². The van der Waals surface area contributed by atoms with Gasteiger partial charge in [0.2, 0.25) is 10.0 Å². The lowest BCUT2D eigenvalue weighted by molar-refractivity contribution is -0.122. The summed E-state index contributed by atoms with van der Waals surface area (Å²) in [6.45, 7) is 7.91. The van der Waals surface area contributed by atoms with Gasteiger partial charge in [-0.15, -0.1) is 0 Å². The third-order valence-electron chi connectivity index (χ3n) is 5.68. The number of rotatable bonds is 3. The maximum atomic E-state index is 13.1. The highest BCUT2D eigenvalue weighted by Crippen LogP contribution is 2.33. The number of nitrogens with one attached hydrogen (secondary N) is 1.